The Labute approximate surface area is 85.7 Å². The molecular formula is C12H18S. The number of hydrogen-bond acceptors (Lipinski definition) is 1. The Bertz CT molecular complexity index is 294. The summed E-state index contributed by atoms with van der Waals surface area (Å²) in [4.78, 5) is 1.38. The first kappa shape index (κ1) is 10.6. The van der Waals surface area contributed by atoms with Crippen LogP contribution in [-0.2, 0) is 5.41 Å². The molecule has 0 saturated carbocycles. The van der Waals surface area contributed by atoms with Crippen LogP contribution < -0.4 is 0 Å². The van der Waals surface area contributed by atoms with Gasteiger partial charge in [0.15, 0.2) is 0 Å². The summed E-state index contributed by atoms with van der Waals surface area (Å²) in [7, 11) is 0. The van der Waals surface area contributed by atoms with Crippen molar-refractivity contribution in [1.29, 1.82) is 0 Å². The molecule has 1 aromatic rings. The molecule has 0 atom stereocenters. The zero-order valence-corrected chi connectivity index (χ0v) is 9.96. The second-order valence-electron chi connectivity index (χ2n) is 4.43. The van der Waals surface area contributed by atoms with Crippen LogP contribution in [0.15, 0.2) is 23.1 Å². The lowest BCUT2D eigenvalue weighted by molar-refractivity contribution is 0.589. The molecule has 0 unspecified atom stereocenters. The van der Waals surface area contributed by atoms with E-state index < -0.39 is 0 Å². The van der Waals surface area contributed by atoms with Gasteiger partial charge in [0.05, 0.1) is 0 Å². The summed E-state index contributed by atoms with van der Waals surface area (Å²) in [6.07, 6.45) is 2.12. The maximum Gasteiger partial charge on any atom is 0.00985 e. The Morgan fingerprint density at radius 3 is 2.15 bits per heavy atom. The fourth-order valence-corrected chi connectivity index (χ4v) is 1.93. The highest BCUT2D eigenvalue weighted by Gasteiger charge is 2.13. The molecule has 1 heteroatoms. The van der Waals surface area contributed by atoms with E-state index in [2.05, 4.69) is 52.1 Å². The first-order chi connectivity index (χ1) is 5.95. The van der Waals surface area contributed by atoms with Crippen molar-refractivity contribution in [3.05, 3.63) is 29.3 Å². The standard InChI is InChI=1S/C12H18S/c1-9-8-10(12(2,3)4)6-7-11(9)13-5/h6-8H,1-5H3. The molecule has 0 nitrogen and oxygen atoms in total. The normalized spacial score (nSPS) is 11.8. The van der Waals surface area contributed by atoms with Crippen molar-refractivity contribution in [2.45, 2.75) is 38.0 Å². The summed E-state index contributed by atoms with van der Waals surface area (Å²) in [6, 6.07) is 6.76. The Balaban J connectivity index is 3.10. The molecule has 1 aromatic carbocycles. The Morgan fingerprint density at radius 1 is 1.15 bits per heavy atom. The molecule has 0 aliphatic heterocycles. The van der Waals surface area contributed by atoms with E-state index in [4.69, 9.17) is 0 Å². The summed E-state index contributed by atoms with van der Waals surface area (Å²) in [5, 5.41) is 0. The first-order valence-corrected chi connectivity index (χ1v) is 5.83. The molecule has 0 aliphatic carbocycles. The predicted molar refractivity (Wildman–Crippen MR) is 61.7 cm³/mol. The molecule has 0 bridgehead atoms. The number of rotatable bonds is 1. The first-order valence-electron chi connectivity index (χ1n) is 4.60. The van der Waals surface area contributed by atoms with Gasteiger partial charge in [-0.25, -0.2) is 0 Å². The lowest BCUT2D eigenvalue weighted by Crippen LogP contribution is -2.11. The molecule has 72 valence electrons. The van der Waals surface area contributed by atoms with Gasteiger partial charge in [-0.15, -0.1) is 11.8 Å². The van der Waals surface area contributed by atoms with Crippen molar-refractivity contribution in [3.63, 3.8) is 0 Å². The molecule has 0 aromatic heterocycles. The summed E-state index contributed by atoms with van der Waals surface area (Å²) in [5.74, 6) is 0. The average Bonchev–Trinajstić information content (AvgIpc) is 2.02. The van der Waals surface area contributed by atoms with Crippen LogP contribution in [0.5, 0.6) is 0 Å². The van der Waals surface area contributed by atoms with Crippen LogP contribution in [0.1, 0.15) is 31.9 Å². The van der Waals surface area contributed by atoms with Crippen LogP contribution in [0.2, 0.25) is 0 Å². The van der Waals surface area contributed by atoms with Gasteiger partial charge in [0.2, 0.25) is 0 Å². The molecule has 0 aliphatic rings. The van der Waals surface area contributed by atoms with Crippen LogP contribution in [-0.4, -0.2) is 6.26 Å². The van der Waals surface area contributed by atoms with Crippen molar-refractivity contribution in [3.8, 4) is 0 Å². The zero-order chi connectivity index (χ0) is 10.1. The highest BCUT2D eigenvalue weighted by atomic mass is 32.2. The van der Waals surface area contributed by atoms with E-state index in [9.17, 15) is 0 Å². The molecule has 0 fully saturated rings. The van der Waals surface area contributed by atoms with Crippen molar-refractivity contribution in [1.82, 2.24) is 0 Å². The summed E-state index contributed by atoms with van der Waals surface area (Å²) in [6.45, 7) is 8.93. The molecule has 0 spiro atoms. The number of hydrogen-bond donors (Lipinski definition) is 0. The molecule has 1 rings (SSSR count). The number of thioether (sulfide) groups is 1. The third kappa shape index (κ3) is 2.50. The molecule has 13 heavy (non-hydrogen) atoms. The van der Waals surface area contributed by atoms with Gasteiger partial charge < -0.3 is 0 Å². The molecule has 0 heterocycles. The van der Waals surface area contributed by atoms with Gasteiger partial charge in [-0.1, -0.05) is 32.9 Å². The zero-order valence-electron chi connectivity index (χ0n) is 9.14. The van der Waals surface area contributed by atoms with Gasteiger partial charge in [0.1, 0.15) is 0 Å². The minimum Gasteiger partial charge on any atom is -0.129 e. The summed E-state index contributed by atoms with van der Waals surface area (Å²) >= 11 is 1.81. The van der Waals surface area contributed by atoms with Crippen molar-refractivity contribution < 1.29 is 0 Å². The van der Waals surface area contributed by atoms with Crippen LogP contribution in [0, 0.1) is 6.92 Å². The molecule has 0 saturated heterocycles. The Morgan fingerprint density at radius 2 is 1.77 bits per heavy atom. The fourth-order valence-electron chi connectivity index (χ4n) is 1.34. The highest BCUT2D eigenvalue weighted by molar-refractivity contribution is 7.98. The van der Waals surface area contributed by atoms with Crippen LogP contribution >= 0.6 is 11.8 Å². The molecule has 0 N–H and O–H groups in total. The van der Waals surface area contributed by atoms with Crippen LogP contribution in [0.4, 0.5) is 0 Å². The third-order valence-electron chi connectivity index (χ3n) is 2.26. The smallest absolute Gasteiger partial charge is 0.00985 e. The van der Waals surface area contributed by atoms with Gasteiger partial charge in [-0.05, 0) is 35.8 Å². The lowest BCUT2D eigenvalue weighted by atomic mass is 9.86. The number of benzene rings is 1. The van der Waals surface area contributed by atoms with Gasteiger partial charge in [-0.2, -0.15) is 0 Å². The van der Waals surface area contributed by atoms with Gasteiger partial charge in [0, 0.05) is 4.90 Å². The van der Waals surface area contributed by atoms with E-state index in [0.717, 1.165) is 0 Å². The summed E-state index contributed by atoms with van der Waals surface area (Å²) < 4.78 is 0. The van der Waals surface area contributed by atoms with Crippen molar-refractivity contribution in [2.24, 2.45) is 0 Å². The monoisotopic (exact) mass is 194 g/mol. The van der Waals surface area contributed by atoms with Crippen LogP contribution in [0.25, 0.3) is 0 Å². The average molecular weight is 194 g/mol. The van der Waals surface area contributed by atoms with Gasteiger partial charge in [0.25, 0.3) is 0 Å². The highest BCUT2D eigenvalue weighted by Crippen LogP contribution is 2.27. The van der Waals surface area contributed by atoms with Crippen LogP contribution in [0.3, 0.4) is 0 Å². The van der Waals surface area contributed by atoms with Crippen molar-refractivity contribution in [2.75, 3.05) is 6.26 Å². The third-order valence-corrected chi connectivity index (χ3v) is 3.16. The molecule has 0 radical (unpaired) electrons. The van der Waals surface area contributed by atoms with Crippen molar-refractivity contribution >= 4 is 11.8 Å². The van der Waals surface area contributed by atoms with E-state index in [1.165, 1.54) is 16.0 Å². The van der Waals surface area contributed by atoms with E-state index in [1.54, 1.807) is 0 Å². The van der Waals surface area contributed by atoms with Gasteiger partial charge >= 0.3 is 0 Å². The quantitative estimate of drug-likeness (QED) is 0.609. The van der Waals surface area contributed by atoms with E-state index in [0.29, 0.717) is 0 Å². The second kappa shape index (κ2) is 3.75. The molecular weight excluding hydrogens is 176 g/mol. The maximum atomic E-state index is 2.30. The van der Waals surface area contributed by atoms with Gasteiger partial charge in [-0.3, -0.25) is 0 Å². The predicted octanol–water partition coefficient (Wildman–Crippen LogP) is 4.01. The van der Waals surface area contributed by atoms with E-state index in [1.807, 2.05) is 11.8 Å². The minimum absolute atomic E-state index is 0.266. The minimum atomic E-state index is 0.266. The Hall–Kier alpha value is -0.430. The number of aryl methyl sites for hydroxylation is 1. The second-order valence-corrected chi connectivity index (χ2v) is 5.28. The molecule has 0 amide bonds. The Kier molecular flexibility index (Phi) is 3.07. The van der Waals surface area contributed by atoms with E-state index in [-0.39, 0.29) is 5.41 Å². The largest absolute Gasteiger partial charge is 0.129 e. The topological polar surface area (TPSA) is 0 Å². The SMILES string of the molecule is CSc1ccc(C(C)(C)C)cc1C. The summed E-state index contributed by atoms with van der Waals surface area (Å²) in [5.41, 5.74) is 3.07. The van der Waals surface area contributed by atoms with E-state index >= 15 is 0 Å². The maximum absolute atomic E-state index is 2.30. The fraction of sp³-hybridized carbons (Fsp3) is 0.500. The lowest BCUT2D eigenvalue weighted by Gasteiger charge is -2.20.